The second-order valence-electron chi connectivity index (χ2n) is 2.13. The van der Waals surface area contributed by atoms with Gasteiger partial charge >= 0.3 is 5.97 Å². The van der Waals surface area contributed by atoms with E-state index in [1.807, 2.05) is 0 Å². The van der Waals surface area contributed by atoms with Crippen molar-refractivity contribution >= 4 is 5.97 Å². The number of carbonyl (C=O) groups is 1. The molecule has 0 spiro atoms. The zero-order valence-corrected chi connectivity index (χ0v) is 6.05. The van der Waals surface area contributed by atoms with Gasteiger partial charge in [-0.2, -0.15) is 0 Å². The molecule has 4 nitrogen and oxygen atoms in total. The highest BCUT2D eigenvalue weighted by Crippen LogP contribution is 2.19. The molecule has 1 fully saturated rings. The van der Waals surface area contributed by atoms with Gasteiger partial charge in [-0.05, 0) is 0 Å². The largest absolute Gasteiger partial charge is 0.465 e. The molecule has 0 aromatic heterocycles. The molecule has 1 heterocycles. The first-order valence-corrected chi connectivity index (χ1v) is 3.05. The number of methoxy groups -OCH3 is 1. The average molecular weight is 146 g/mol. The lowest BCUT2D eigenvalue weighted by Crippen LogP contribution is -2.37. The monoisotopic (exact) mass is 146 g/mol. The molecular formula is C6H10O4. The van der Waals surface area contributed by atoms with E-state index < -0.39 is 11.8 Å². The summed E-state index contributed by atoms with van der Waals surface area (Å²) < 4.78 is 14.4. The number of esters is 1. The van der Waals surface area contributed by atoms with Crippen molar-refractivity contribution in [1.29, 1.82) is 0 Å². The van der Waals surface area contributed by atoms with Gasteiger partial charge in [0, 0.05) is 6.92 Å². The van der Waals surface area contributed by atoms with Gasteiger partial charge < -0.3 is 14.2 Å². The van der Waals surface area contributed by atoms with Gasteiger partial charge in [0.2, 0.25) is 0 Å². The molecule has 0 N–H and O–H groups in total. The molecule has 0 radical (unpaired) electrons. The molecule has 0 aromatic carbocycles. The van der Waals surface area contributed by atoms with E-state index in [0.29, 0.717) is 13.2 Å². The molecule has 1 rings (SSSR count). The molecule has 0 bridgehead atoms. The number of rotatable bonds is 1. The van der Waals surface area contributed by atoms with Crippen molar-refractivity contribution in [2.45, 2.75) is 12.7 Å². The Bertz CT molecular complexity index is 137. The molecule has 0 aliphatic carbocycles. The molecule has 4 heteroatoms. The highest BCUT2D eigenvalue weighted by atomic mass is 16.8. The Hall–Kier alpha value is -0.610. The minimum Gasteiger partial charge on any atom is -0.465 e. The summed E-state index contributed by atoms with van der Waals surface area (Å²) in [6, 6.07) is 0. The smallest absolute Gasteiger partial charge is 0.366 e. The van der Waals surface area contributed by atoms with Crippen molar-refractivity contribution in [2.75, 3.05) is 20.3 Å². The maximum atomic E-state index is 10.9. The van der Waals surface area contributed by atoms with Crippen LogP contribution in [-0.4, -0.2) is 32.1 Å². The Morgan fingerprint density at radius 1 is 1.50 bits per heavy atom. The van der Waals surface area contributed by atoms with Crippen molar-refractivity contribution < 1.29 is 19.0 Å². The Morgan fingerprint density at radius 3 is 2.40 bits per heavy atom. The lowest BCUT2D eigenvalue weighted by atomic mass is 10.3. The highest BCUT2D eigenvalue weighted by Gasteiger charge is 2.40. The minimum atomic E-state index is -1.16. The molecular weight excluding hydrogens is 136 g/mol. The van der Waals surface area contributed by atoms with E-state index in [0.717, 1.165) is 0 Å². The van der Waals surface area contributed by atoms with E-state index in [1.165, 1.54) is 7.11 Å². The molecule has 58 valence electrons. The fraction of sp³-hybridized carbons (Fsp3) is 0.833. The number of hydrogen-bond acceptors (Lipinski definition) is 4. The summed E-state index contributed by atoms with van der Waals surface area (Å²) in [7, 11) is 1.30. The first-order valence-electron chi connectivity index (χ1n) is 3.05. The number of hydrogen-bond donors (Lipinski definition) is 0. The van der Waals surface area contributed by atoms with E-state index in [2.05, 4.69) is 4.74 Å². The molecule has 0 saturated carbocycles. The topological polar surface area (TPSA) is 44.8 Å². The van der Waals surface area contributed by atoms with E-state index in [4.69, 9.17) is 9.47 Å². The Kier molecular flexibility index (Phi) is 1.92. The second kappa shape index (κ2) is 2.56. The van der Waals surface area contributed by atoms with Gasteiger partial charge in [0.15, 0.2) is 0 Å². The van der Waals surface area contributed by atoms with Crippen LogP contribution in [0.3, 0.4) is 0 Å². The van der Waals surface area contributed by atoms with Crippen LogP contribution in [0.1, 0.15) is 6.92 Å². The fourth-order valence-corrected chi connectivity index (χ4v) is 0.818. The van der Waals surface area contributed by atoms with Crippen LogP contribution in [-0.2, 0) is 19.0 Å². The molecule has 0 atom stereocenters. The third-order valence-corrected chi connectivity index (χ3v) is 1.39. The zero-order chi connectivity index (χ0) is 7.61. The first-order chi connectivity index (χ1) is 4.69. The molecule has 1 aliphatic heterocycles. The van der Waals surface area contributed by atoms with Crippen LogP contribution < -0.4 is 0 Å². The molecule has 0 unspecified atom stereocenters. The summed E-state index contributed by atoms with van der Waals surface area (Å²) in [6.45, 7) is 2.45. The Labute approximate surface area is 59.1 Å². The van der Waals surface area contributed by atoms with Crippen molar-refractivity contribution in [1.82, 2.24) is 0 Å². The van der Waals surface area contributed by atoms with Crippen molar-refractivity contribution in [3.8, 4) is 0 Å². The summed E-state index contributed by atoms with van der Waals surface area (Å²) in [5.41, 5.74) is 0. The third-order valence-electron chi connectivity index (χ3n) is 1.39. The van der Waals surface area contributed by atoms with E-state index in [-0.39, 0.29) is 0 Å². The van der Waals surface area contributed by atoms with Crippen molar-refractivity contribution in [3.05, 3.63) is 0 Å². The summed E-state index contributed by atoms with van der Waals surface area (Å²) >= 11 is 0. The zero-order valence-electron chi connectivity index (χ0n) is 6.05. The summed E-state index contributed by atoms with van der Waals surface area (Å²) in [6.07, 6.45) is 0. The normalized spacial score (nSPS) is 22.6. The van der Waals surface area contributed by atoms with Gasteiger partial charge in [0.25, 0.3) is 5.79 Å². The molecule has 1 aliphatic rings. The second-order valence-corrected chi connectivity index (χ2v) is 2.13. The van der Waals surface area contributed by atoms with Gasteiger partial charge in [-0.3, -0.25) is 0 Å². The van der Waals surface area contributed by atoms with Crippen LogP contribution in [0.25, 0.3) is 0 Å². The Morgan fingerprint density at radius 2 is 2.00 bits per heavy atom. The summed E-state index contributed by atoms with van der Waals surface area (Å²) in [5.74, 6) is -1.64. The van der Waals surface area contributed by atoms with Crippen molar-refractivity contribution in [2.24, 2.45) is 0 Å². The van der Waals surface area contributed by atoms with Gasteiger partial charge in [-0.1, -0.05) is 0 Å². The SMILES string of the molecule is COC(=O)C1(C)OCCO1. The average Bonchev–Trinajstić information content (AvgIpc) is 2.36. The standard InChI is InChI=1S/C6H10O4/c1-6(5(7)8-2)9-3-4-10-6/h3-4H2,1-2H3. The van der Waals surface area contributed by atoms with Gasteiger partial charge in [-0.15, -0.1) is 0 Å². The maximum absolute atomic E-state index is 10.9. The van der Waals surface area contributed by atoms with Crippen LogP contribution in [0, 0.1) is 0 Å². The maximum Gasteiger partial charge on any atom is 0.366 e. The summed E-state index contributed by atoms with van der Waals surface area (Å²) in [5, 5.41) is 0. The highest BCUT2D eigenvalue weighted by molar-refractivity contribution is 5.77. The van der Waals surface area contributed by atoms with Crippen LogP contribution >= 0.6 is 0 Å². The van der Waals surface area contributed by atoms with Crippen molar-refractivity contribution in [3.63, 3.8) is 0 Å². The number of carbonyl (C=O) groups excluding carboxylic acids is 1. The molecule has 0 amide bonds. The first kappa shape index (κ1) is 7.50. The van der Waals surface area contributed by atoms with Crippen LogP contribution in [0.15, 0.2) is 0 Å². The third kappa shape index (κ3) is 1.12. The lowest BCUT2D eigenvalue weighted by Gasteiger charge is -2.17. The minimum absolute atomic E-state index is 0.450. The molecule has 0 aromatic rings. The predicted octanol–water partition coefficient (Wildman–Crippen LogP) is -0.0776. The lowest BCUT2D eigenvalue weighted by molar-refractivity contribution is -0.198. The van der Waals surface area contributed by atoms with Gasteiger partial charge in [0.05, 0.1) is 20.3 Å². The van der Waals surface area contributed by atoms with Gasteiger partial charge in [0.1, 0.15) is 0 Å². The van der Waals surface area contributed by atoms with Crippen LogP contribution in [0.2, 0.25) is 0 Å². The van der Waals surface area contributed by atoms with E-state index >= 15 is 0 Å². The predicted molar refractivity (Wildman–Crippen MR) is 32.3 cm³/mol. The quantitative estimate of drug-likeness (QED) is 0.485. The number of ether oxygens (including phenoxy) is 3. The molecule has 10 heavy (non-hydrogen) atoms. The summed E-state index contributed by atoms with van der Waals surface area (Å²) in [4.78, 5) is 10.9. The van der Waals surface area contributed by atoms with E-state index in [9.17, 15) is 4.79 Å². The van der Waals surface area contributed by atoms with Crippen LogP contribution in [0.4, 0.5) is 0 Å². The van der Waals surface area contributed by atoms with Gasteiger partial charge in [-0.25, -0.2) is 4.79 Å². The van der Waals surface area contributed by atoms with Crippen LogP contribution in [0.5, 0.6) is 0 Å². The van der Waals surface area contributed by atoms with E-state index in [1.54, 1.807) is 6.92 Å². The molecule has 1 saturated heterocycles. The fourth-order valence-electron chi connectivity index (χ4n) is 0.818. The Balaban J connectivity index is 2.58.